The first kappa shape index (κ1) is 15.3. The monoisotopic (exact) mass is 328 g/mol. The normalized spacial score (nSPS) is 10.5. The first-order valence-corrected chi connectivity index (χ1v) is 7.87. The van der Waals surface area contributed by atoms with E-state index >= 15 is 0 Å². The Balaban J connectivity index is 1.69. The zero-order chi connectivity index (χ0) is 16.2. The SMILES string of the molecule is COC(=O)c1ccc(CNc2nc3ccc(OC)cc3s2)cc1. The van der Waals surface area contributed by atoms with Gasteiger partial charge < -0.3 is 14.8 Å². The summed E-state index contributed by atoms with van der Waals surface area (Å²) in [7, 11) is 3.03. The predicted octanol–water partition coefficient (Wildman–Crippen LogP) is 3.70. The van der Waals surface area contributed by atoms with Crippen molar-refractivity contribution in [3.8, 4) is 5.75 Å². The molecule has 0 unspecified atom stereocenters. The summed E-state index contributed by atoms with van der Waals surface area (Å²) < 4.78 is 11.0. The van der Waals surface area contributed by atoms with Gasteiger partial charge in [-0.25, -0.2) is 9.78 Å². The van der Waals surface area contributed by atoms with Gasteiger partial charge in [-0.05, 0) is 35.9 Å². The Morgan fingerprint density at radius 3 is 2.65 bits per heavy atom. The fourth-order valence-electron chi connectivity index (χ4n) is 2.16. The van der Waals surface area contributed by atoms with Crippen LogP contribution in [-0.2, 0) is 11.3 Å². The number of methoxy groups -OCH3 is 2. The highest BCUT2D eigenvalue weighted by molar-refractivity contribution is 7.22. The number of ether oxygens (including phenoxy) is 2. The standard InChI is InChI=1S/C17H16N2O3S/c1-21-13-7-8-14-15(9-13)23-17(19-14)18-10-11-3-5-12(6-4-11)16(20)22-2/h3-9H,10H2,1-2H3,(H,18,19). The number of carbonyl (C=O) groups excluding carboxylic acids is 1. The lowest BCUT2D eigenvalue weighted by Gasteiger charge is -2.04. The maximum Gasteiger partial charge on any atom is 0.337 e. The number of rotatable bonds is 5. The van der Waals surface area contributed by atoms with Gasteiger partial charge in [0, 0.05) is 6.54 Å². The predicted molar refractivity (Wildman–Crippen MR) is 91.3 cm³/mol. The maximum atomic E-state index is 11.4. The molecule has 0 atom stereocenters. The van der Waals surface area contributed by atoms with Gasteiger partial charge in [0.05, 0.1) is 30.0 Å². The molecule has 23 heavy (non-hydrogen) atoms. The van der Waals surface area contributed by atoms with Crippen molar-refractivity contribution >= 4 is 32.7 Å². The number of hydrogen-bond donors (Lipinski definition) is 1. The largest absolute Gasteiger partial charge is 0.497 e. The third kappa shape index (κ3) is 3.43. The molecule has 0 amide bonds. The van der Waals surface area contributed by atoms with Crippen molar-refractivity contribution in [2.75, 3.05) is 19.5 Å². The van der Waals surface area contributed by atoms with Crippen LogP contribution in [0.1, 0.15) is 15.9 Å². The van der Waals surface area contributed by atoms with E-state index in [0.29, 0.717) is 12.1 Å². The van der Waals surface area contributed by atoms with Crippen molar-refractivity contribution in [2.45, 2.75) is 6.54 Å². The van der Waals surface area contributed by atoms with Crippen LogP contribution >= 0.6 is 11.3 Å². The molecule has 0 radical (unpaired) electrons. The molecule has 0 bridgehead atoms. The molecular weight excluding hydrogens is 312 g/mol. The minimum absolute atomic E-state index is 0.329. The van der Waals surface area contributed by atoms with Crippen molar-refractivity contribution in [1.82, 2.24) is 4.98 Å². The van der Waals surface area contributed by atoms with Crippen molar-refractivity contribution in [1.29, 1.82) is 0 Å². The third-order valence-corrected chi connectivity index (χ3v) is 4.39. The molecule has 5 nitrogen and oxygen atoms in total. The van der Waals surface area contributed by atoms with Gasteiger partial charge in [-0.2, -0.15) is 0 Å². The van der Waals surface area contributed by atoms with Crippen molar-refractivity contribution in [3.63, 3.8) is 0 Å². The number of anilines is 1. The first-order valence-electron chi connectivity index (χ1n) is 7.05. The van der Waals surface area contributed by atoms with Gasteiger partial charge >= 0.3 is 5.97 Å². The van der Waals surface area contributed by atoms with Crippen LogP contribution in [-0.4, -0.2) is 25.2 Å². The molecule has 0 fully saturated rings. The number of fused-ring (bicyclic) bond motifs is 1. The summed E-state index contributed by atoms with van der Waals surface area (Å²) in [4.78, 5) is 15.9. The van der Waals surface area contributed by atoms with Gasteiger partial charge in [0.15, 0.2) is 5.13 Å². The van der Waals surface area contributed by atoms with E-state index in [2.05, 4.69) is 15.0 Å². The molecule has 1 aromatic heterocycles. The Kier molecular flexibility index (Phi) is 4.43. The average molecular weight is 328 g/mol. The van der Waals surface area contributed by atoms with E-state index in [1.165, 1.54) is 7.11 Å². The molecule has 3 aromatic rings. The van der Waals surface area contributed by atoms with E-state index in [1.54, 1.807) is 30.6 Å². The molecular formula is C17H16N2O3S. The second-order valence-electron chi connectivity index (χ2n) is 4.89. The number of nitrogens with zero attached hydrogens (tertiary/aromatic N) is 1. The fraction of sp³-hybridized carbons (Fsp3) is 0.176. The summed E-state index contributed by atoms with van der Waals surface area (Å²) in [6.45, 7) is 0.637. The highest BCUT2D eigenvalue weighted by atomic mass is 32.1. The summed E-state index contributed by atoms with van der Waals surface area (Å²) in [6.07, 6.45) is 0. The number of thiazole rings is 1. The van der Waals surface area contributed by atoms with Crippen molar-refractivity contribution < 1.29 is 14.3 Å². The van der Waals surface area contributed by atoms with Crippen LogP contribution in [0.5, 0.6) is 5.75 Å². The fourth-order valence-corrected chi connectivity index (χ4v) is 3.05. The van der Waals surface area contributed by atoms with E-state index in [0.717, 1.165) is 26.7 Å². The van der Waals surface area contributed by atoms with Gasteiger partial charge in [0.1, 0.15) is 5.75 Å². The zero-order valence-electron chi connectivity index (χ0n) is 12.8. The quantitative estimate of drug-likeness (QED) is 0.724. The van der Waals surface area contributed by atoms with Gasteiger partial charge in [0.25, 0.3) is 0 Å². The topological polar surface area (TPSA) is 60.5 Å². The number of esters is 1. The van der Waals surface area contributed by atoms with Crippen LogP contribution < -0.4 is 10.1 Å². The Bertz CT molecular complexity index is 827. The second kappa shape index (κ2) is 6.66. The summed E-state index contributed by atoms with van der Waals surface area (Å²) in [6, 6.07) is 13.1. The summed E-state index contributed by atoms with van der Waals surface area (Å²) in [5.74, 6) is 0.496. The van der Waals surface area contributed by atoms with Gasteiger partial charge in [-0.15, -0.1) is 0 Å². The lowest BCUT2D eigenvalue weighted by molar-refractivity contribution is 0.0600. The van der Waals surface area contributed by atoms with E-state index in [1.807, 2.05) is 30.3 Å². The number of aromatic nitrogens is 1. The number of hydrogen-bond acceptors (Lipinski definition) is 6. The van der Waals surface area contributed by atoms with Crippen molar-refractivity contribution in [2.24, 2.45) is 0 Å². The van der Waals surface area contributed by atoms with E-state index in [-0.39, 0.29) is 5.97 Å². The van der Waals surface area contributed by atoms with Crippen LogP contribution in [0.3, 0.4) is 0 Å². The maximum absolute atomic E-state index is 11.4. The van der Waals surface area contributed by atoms with Gasteiger partial charge in [-0.3, -0.25) is 0 Å². The summed E-state index contributed by atoms with van der Waals surface area (Å²) >= 11 is 1.58. The second-order valence-corrected chi connectivity index (χ2v) is 5.93. The highest BCUT2D eigenvalue weighted by Gasteiger charge is 2.06. The van der Waals surface area contributed by atoms with E-state index in [9.17, 15) is 4.79 Å². The summed E-state index contributed by atoms with van der Waals surface area (Å²) in [5, 5.41) is 4.15. The number of nitrogens with one attached hydrogen (secondary N) is 1. The first-order chi connectivity index (χ1) is 11.2. The Morgan fingerprint density at radius 1 is 1.17 bits per heavy atom. The Labute approximate surface area is 137 Å². The zero-order valence-corrected chi connectivity index (χ0v) is 13.6. The average Bonchev–Trinajstić information content (AvgIpc) is 3.01. The molecule has 6 heteroatoms. The smallest absolute Gasteiger partial charge is 0.337 e. The third-order valence-electron chi connectivity index (χ3n) is 3.41. The van der Waals surface area contributed by atoms with E-state index < -0.39 is 0 Å². The van der Waals surface area contributed by atoms with Crippen molar-refractivity contribution in [3.05, 3.63) is 53.6 Å². The number of carbonyl (C=O) groups is 1. The molecule has 1 heterocycles. The van der Waals surface area contributed by atoms with Crippen LogP contribution in [0.15, 0.2) is 42.5 Å². The Hall–Kier alpha value is -2.60. The van der Waals surface area contributed by atoms with E-state index in [4.69, 9.17) is 4.74 Å². The van der Waals surface area contributed by atoms with Gasteiger partial charge in [0.2, 0.25) is 0 Å². The Morgan fingerprint density at radius 2 is 1.96 bits per heavy atom. The van der Waals surface area contributed by atoms with Crippen LogP contribution in [0.2, 0.25) is 0 Å². The molecule has 0 aliphatic rings. The molecule has 3 rings (SSSR count). The molecule has 0 saturated carbocycles. The molecule has 0 aliphatic carbocycles. The number of benzene rings is 2. The highest BCUT2D eigenvalue weighted by Crippen LogP contribution is 2.29. The lowest BCUT2D eigenvalue weighted by Crippen LogP contribution is -2.02. The minimum atomic E-state index is -0.329. The van der Waals surface area contributed by atoms with Crippen LogP contribution in [0.25, 0.3) is 10.2 Å². The van der Waals surface area contributed by atoms with Crippen LogP contribution in [0, 0.1) is 0 Å². The molecule has 0 aliphatic heterocycles. The molecule has 118 valence electrons. The minimum Gasteiger partial charge on any atom is -0.497 e. The molecule has 2 aromatic carbocycles. The molecule has 1 N–H and O–H groups in total. The summed E-state index contributed by atoms with van der Waals surface area (Å²) in [5.41, 5.74) is 2.55. The van der Waals surface area contributed by atoms with Gasteiger partial charge in [-0.1, -0.05) is 23.5 Å². The molecule has 0 saturated heterocycles. The van der Waals surface area contributed by atoms with Crippen LogP contribution in [0.4, 0.5) is 5.13 Å². The lowest BCUT2D eigenvalue weighted by atomic mass is 10.1. The molecule has 0 spiro atoms.